The molecule has 1 fully saturated rings. The molecule has 0 spiro atoms. The Hall–Kier alpha value is -2.02. The van der Waals surface area contributed by atoms with Crippen LogP contribution in [0.4, 0.5) is 5.82 Å². The van der Waals surface area contributed by atoms with E-state index < -0.39 is 0 Å². The summed E-state index contributed by atoms with van der Waals surface area (Å²) in [5.74, 6) is 0.0281. The van der Waals surface area contributed by atoms with Gasteiger partial charge in [-0.15, -0.1) is 11.3 Å². The molecule has 2 aromatic rings. The van der Waals surface area contributed by atoms with Crippen molar-refractivity contribution in [2.75, 3.05) is 12.3 Å². The van der Waals surface area contributed by atoms with Crippen LogP contribution in [0.5, 0.6) is 0 Å². The number of rotatable bonds is 2. The third kappa shape index (κ3) is 2.73. The number of piperidine rings is 1. The van der Waals surface area contributed by atoms with Gasteiger partial charge in [-0.3, -0.25) is 4.79 Å². The van der Waals surface area contributed by atoms with Gasteiger partial charge in [0.1, 0.15) is 5.01 Å². The Balaban J connectivity index is 1.91. The molecule has 1 saturated heterocycles. The Morgan fingerprint density at radius 3 is 2.90 bits per heavy atom. The van der Waals surface area contributed by atoms with Crippen LogP contribution in [-0.4, -0.2) is 32.3 Å². The summed E-state index contributed by atoms with van der Waals surface area (Å²) in [6, 6.07) is 0.0198. The first-order valence-corrected chi connectivity index (χ1v) is 7.84. The molecule has 0 aliphatic carbocycles. The van der Waals surface area contributed by atoms with Crippen molar-refractivity contribution in [3.8, 4) is 0 Å². The van der Waals surface area contributed by atoms with Gasteiger partial charge in [0.25, 0.3) is 5.91 Å². The number of aromatic nitrogens is 3. The largest absolute Gasteiger partial charge is 0.382 e. The number of thiazole rings is 1. The Morgan fingerprint density at radius 2 is 2.19 bits per heavy atom. The smallest absolute Gasteiger partial charge is 0.276 e. The number of nitrogen functional groups attached to an aromatic ring is 1. The number of hydrogen-bond donors (Lipinski definition) is 1. The summed E-state index contributed by atoms with van der Waals surface area (Å²) < 4.78 is 0. The lowest BCUT2D eigenvalue weighted by atomic mass is 10.0. The number of hydrogen-bond acceptors (Lipinski definition) is 6. The number of carbonyl (C=O) groups is 1. The first-order chi connectivity index (χ1) is 10.2. The van der Waals surface area contributed by atoms with Crippen LogP contribution in [0, 0.1) is 6.92 Å². The van der Waals surface area contributed by atoms with Gasteiger partial charge in [0, 0.05) is 30.0 Å². The number of anilines is 1. The first kappa shape index (κ1) is 13.9. The van der Waals surface area contributed by atoms with E-state index in [0.29, 0.717) is 6.54 Å². The maximum Gasteiger partial charge on any atom is 0.276 e. The monoisotopic (exact) mass is 303 g/mol. The normalized spacial score (nSPS) is 18.7. The molecule has 2 N–H and O–H groups in total. The highest BCUT2D eigenvalue weighted by Gasteiger charge is 2.32. The minimum absolute atomic E-state index is 0.0198. The number of aryl methyl sites for hydroxylation is 1. The van der Waals surface area contributed by atoms with E-state index in [1.54, 1.807) is 11.3 Å². The molecule has 110 valence electrons. The minimum atomic E-state index is -0.154. The highest BCUT2D eigenvalue weighted by Crippen LogP contribution is 2.33. The fourth-order valence-corrected chi connectivity index (χ4v) is 3.55. The number of likely N-dealkylation sites (tertiary alicyclic amines) is 1. The molecular formula is C14H17N5OS. The maximum atomic E-state index is 12.7. The van der Waals surface area contributed by atoms with E-state index in [1.807, 2.05) is 17.2 Å². The average molecular weight is 303 g/mol. The zero-order valence-electron chi connectivity index (χ0n) is 11.8. The van der Waals surface area contributed by atoms with Crippen LogP contribution in [0.15, 0.2) is 17.8 Å². The molecular weight excluding hydrogens is 286 g/mol. The Kier molecular flexibility index (Phi) is 3.83. The van der Waals surface area contributed by atoms with E-state index in [-0.39, 0.29) is 23.5 Å². The first-order valence-electron chi connectivity index (χ1n) is 6.96. The summed E-state index contributed by atoms with van der Waals surface area (Å²) >= 11 is 1.60. The molecule has 1 aliphatic rings. The van der Waals surface area contributed by atoms with Crippen LogP contribution in [0.1, 0.15) is 46.5 Å². The van der Waals surface area contributed by atoms with Crippen molar-refractivity contribution < 1.29 is 4.79 Å². The van der Waals surface area contributed by atoms with Crippen molar-refractivity contribution in [2.45, 2.75) is 32.2 Å². The van der Waals surface area contributed by atoms with Gasteiger partial charge in [0.2, 0.25) is 0 Å². The molecule has 0 radical (unpaired) electrons. The highest BCUT2D eigenvalue weighted by atomic mass is 32.1. The molecule has 0 bridgehead atoms. The molecule has 0 aromatic carbocycles. The van der Waals surface area contributed by atoms with Crippen LogP contribution in [0.3, 0.4) is 0 Å². The van der Waals surface area contributed by atoms with Gasteiger partial charge in [-0.1, -0.05) is 0 Å². The van der Waals surface area contributed by atoms with Gasteiger partial charge in [0.15, 0.2) is 11.5 Å². The zero-order valence-corrected chi connectivity index (χ0v) is 12.6. The summed E-state index contributed by atoms with van der Waals surface area (Å²) in [5, 5.41) is 3.01. The molecule has 1 aliphatic heterocycles. The number of nitrogens with zero attached hydrogens (tertiary/aromatic N) is 4. The van der Waals surface area contributed by atoms with Crippen molar-refractivity contribution in [2.24, 2.45) is 0 Å². The Labute approximate surface area is 127 Å². The van der Waals surface area contributed by atoms with E-state index in [2.05, 4.69) is 15.0 Å². The molecule has 1 amide bonds. The Bertz CT molecular complexity index is 656. The second-order valence-electron chi connectivity index (χ2n) is 5.13. The van der Waals surface area contributed by atoms with Gasteiger partial charge >= 0.3 is 0 Å². The summed E-state index contributed by atoms with van der Waals surface area (Å²) in [6.45, 7) is 2.67. The maximum absolute atomic E-state index is 12.7. The second-order valence-corrected chi connectivity index (χ2v) is 6.02. The van der Waals surface area contributed by atoms with Crippen LogP contribution >= 0.6 is 11.3 Å². The van der Waals surface area contributed by atoms with Crippen molar-refractivity contribution in [3.05, 3.63) is 34.2 Å². The third-order valence-electron chi connectivity index (χ3n) is 3.61. The average Bonchev–Trinajstić information content (AvgIpc) is 2.93. The van der Waals surface area contributed by atoms with Crippen molar-refractivity contribution in [1.29, 1.82) is 0 Å². The zero-order chi connectivity index (χ0) is 14.8. The number of carbonyl (C=O) groups excluding carboxylic acids is 1. The van der Waals surface area contributed by atoms with Gasteiger partial charge in [-0.25, -0.2) is 15.0 Å². The van der Waals surface area contributed by atoms with Crippen molar-refractivity contribution >= 4 is 23.1 Å². The molecule has 21 heavy (non-hydrogen) atoms. The minimum Gasteiger partial charge on any atom is -0.382 e. The van der Waals surface area contributed by atoms with Crippen LogP contribution in [0.2, 0.25) is 0 Å². The van der Waals surface area contributed by atoms with Crippen LogP contribution in [-0.2, 0) is 0 Å². The fraction of sp³-hybridized carbons (Fsp3) is 0.429. The SMILES string of the molecule is Cc1csc([C@H]2CCCCN2C(=O)c2nccnc2N)n1. The lowest BCUT2D eigenvalue weighted by molar-refractivity contribution is 0.0605. The van der Waals surface area contributed by atoms with Crippen LogP contribution in [0.25, 0.3) is 0 Å². The van der Waals surface area contributed by atoms with Gasteiger partial charge in [0.05, 0.1) is 6.04 Å². The standard InChI is InChI=1S/C14H17N5OS/c1-9-8-21-13(18-9)10-4-2-3-7-19(10)14(20)11-12(15)17-6-5-16-11/h5-6,8,10H,2-4,7H2,1H3,(H2,15,17)/t10-/m1/s1. The second kappa shape index (κ2) is 5.77. The van der Waals surface area contributed by atoms with Gasteiger partial charge in [-0.2, -0.15) is 0 Å². The summed E-state index contributed by atoms with van der Waals surface area (Å²) in [7, 11) is 0. The third-order valence-corrected chi connectivity index (χ3v) is 4.68. The number of nitrogens with two attached hydrogens (primary N) is 1. The quantitative estimate of drug-likeness (QED) is 0.919. The molecule has 1 atom stereocenters. The van der Waals surface area contributed by atoms with E-state index >= 15 is 0 Å². The summed E-state index contributed by atoms with van der Waals surface area (Å²) in [4.78, 5) is 27.1. The van der Waals surface area contributed by atoms with Crippen LogP contribution < -0.4 is 5.73 Å². The lowest BCUT2D eigenvalue weighted by Gasteiger charge is -2.34. The molecule has 0 unspecified atom stereocenters. The highest BCUT2D eigenvalue weighted by molar-refractivity contribution is 7.09. The van der Waals surface area contributed by atoms with E-state index in [4.69, 9.17) is 5.73 Å². The van der Waals surface area contributed by atoms with Gasteiger partial charge < -0.3 is 10.6 Å². The lowest BCUT2D eigenvalue weighted by Crippen LogP contribution is -2.39. The van der Waals surface area contributed by atoms with E-state index in [1.165, 1.54) is 12.4 Å². The molecule has 0 saturated carbocycles. The van der Waals surface area contributed by atoms with Crippen molar-refractivity contribution in [3.63, 3.8) is 0 Å². The topological polar surface area (TPSA) is 85.0 Å². The van der Waals surface area contributed by atoms with E-state index in [9.17, 15) is 4.79 Å². The Morgan fingerprint density at radius 1 is 1.38 bits per heavy atom. The summed E-state index contributed by atoms with van der Waals surface area (Å²) in [6.07, 6.45) is 6.01. The molecule has 3 heterocycles. The number of amides is 1. The molecule has 3 rings (SSSR count). The molecule has 7 heteroatoms. The van der Waals surface area contributed by atoms with E-state index in [0.717, 1.165) is 30.0 Å². The summed E-state index contributed by atoms with van der Waals surface area (Å²) in [5.41, 5.74) is 7.01. The molecule has 6 nitrogen and oxygen atoms in total. The van der Waals surface area contributed by atoms with Crippen molar-refractivity contribution in [1.82, 2.24) is 19.9 Å². The predicted molar refractivity (Wildman–Crippen MR) is 80.9 cm³/mol. The van der Waals surface area contributed by atoms with Gasteiger partial charge in [-0.05, 0) is 26.2 Å². The fourth-order valence-electron chi connectivity index (χ4n) is 2.61. The molecule has 2 aromatic heterocycles. The predicted octanol–water partition coefficient (Wildman–Crippen LogP) is 2.19.